The van der Waals surface area contributed by atoms with Crippen molar-refractivity contribution in [1.82, 2.24) is 20.6 Å². The van der Waals surface area contributed by atoms with E-state index in [9.17, 15) is 19.1 Å². The summed E-state index contributed by atoms with van der Waals surface area (Å²) in [5, 5.41) is 15.7. The van der Waals surface area contributed by atoms with Gasteiger partial charge in [-0.25, -0.2) is 9.37 Å². The maximum atomic E-state index is 12.9. The molecule has 9 heteroatoms. The van der Waals surface area contributed by atoms with Crippen molar-refractivity contribution in [1.29, 1.82) is 0 Å². The lowest BCUT2D eigenvalue weighted by atomic mass is 10.2. The van der Waals surface area contributed by atoms with Gasteiger partial charge in [-0.15, -0.1) is 0 Å². The molecular weight excluding hydrogens is 347 g/mol. The van der Waals surface area contributed by atoms with Crippen molar-refractivity contribution in [2.75, 3.05) is 18.1 Å². The van der Waals surface area contributed by atoms with E-state index >= 15 is 0 Å². The highest BCUT2D eigenvalue weighted by Gasteiger charge is 2.23. The molecule has 4 N–H and O–H groups in total. The molecule has 2 heterocycles. The highest BCUT2D eigenvalue weighted by atomic mass is 32.2. The fourth-order valence-electron chi connectivity index (χ4n) is 2.42. The zero-order chi connectivity index (χ0) is 17.8. The van der Waals surface area contributed by atoms with Gasteiger partial charge in [0.2, 0.25) is 5.75 Å². The minimum atomic E-state index is -0.755. The summed E-state index contributed by atoms with van der Waals surface area (Å²) in [6.45, 7) is 0.895. The summed E-state index contributed by atoms with van der Waals surface area (Å²) >= 11 is 1.71. The predicted octanol–water partition coefficient (Wildman–Crippen LogP) is 0.922. The molecule has 1 aliphatic heterocycles. The highest BCUT2D eigenvalue weighted by Crippen LogP contribution is 2.20. The molecule has 0 radical (unpaired) electrons. The second-order valence-corrected chi connectivity index (χ2v) is 6.69. The van der Waals surface area contributed by atoms with Gasteiger partial charge in [-0.2, -0.15) is 11.8 Å². The fraction of sp³-hybridized carbons (Fsp3) is 0.312. The molecule has 1 unspecified atom stereocenters. The number of rotatable bonds is 4. The molecule has 0 saturated carbocycles. The second-order valence-electron chi connectivity index (χ2n) is 5.54. The molecule has 1 aromatic carbocycles. The third kappa shape index (κ3) is 4.18. The molecule has 2 aromatic rings. The first kappa shape index (κ1) is 17.4. The van der Waals surface area contributed by atoms with Gasteiger partial charge in [0.25, 0.3) is 11.5 Å². The van der Waals surface area contributed by atoms with Crippen LogP contribution in [0.15, 0.2) is 29.1 Å². The molecule has 132 valence electrons. The number of nitrogens with zero attached hydrogens (tertiary/aromatic N) is 1. The van der Waals surface area contributed by atoms with Crippen LogP contribution in [0.3, 0.4) is 0 Å². The van der Waals surface area contributed by atoms with Crippen molar-refractivity contribution >= 4 is 17.7 Å². The van der Waals surface area contributed by atoms with E-state index in [1.54, 1.807) is 11.8 Å². The molecule has 1 atom stereocenters. The number of hydrogen-bond acceptors (Lipinski definition) is 6. The zero-order valence-electron chi connectivity index (χ0n) is 13.2. The van der Waals surface area contributed by atoms with E-state index in [-0.39, 0.29) is 24.1 Å². The average Bonchev–Trinajstić information content (AvgIpc) is 2.64. The number of nitrogens with one attached hydrogen (secondary N) is 3. The van der Waals surface area contributed by atoms with E-state index in [2.05, 4.69) is 20.6 Å². The van der Waals surface area contributed by atoms with Gasteiger partial charge >= 0.3 is 0 Å². The normalized spacial score (nSPS) is 17.2. The van der Waals surface area contributed by atoms with Crippen molar-refractivity contribution in [3.63, 3.8) is 0 Å². The van der Waals surface area contributed by atoms with Crippen molar-refractivity contribution in [2.45, 2.75) is 12.6 Å². The van der Waals surface area contributed by atoms with Crippen LogP contribution in [0.2, 0.25) is 0 Å². The smallest absolute Gasteiger partial charge is 0.293 e. The number of benzene rings is 1. The van der Waals surface area contributed by atoms with E-state index in [0.717, 1.165) is 12.3 Å². The summed E-state index contributed by atoms with van der Waals surface area (Å²) in [6, 6.07) is 5.46. The quantitative estimate of drug-likeness (QED) is 0.643. The van der Waals surface area contributed by atoms with Crippen LogP contribution in [0.1, 0.15) is 27.9 Å². The Morgan fingerprint density at radius 2 is 2.16 bits per heavy atom. The van der Waals surface area contributed by atoms with Crippen molar-refractivity contribution in [3.05, 3.63) is 57.5 Å². The minimum Gasteiger partial charge on any atom is -0.501 e. The van der Waals surface area contributed by atoms with Gasteiger partial charge in [0.15, 0.2) is 5.69 Å². The van der Waals surface area contributed by atoms with Gasteiger partial charge in [-0.3, -0.25) is 9.59 Å². The van der Waals surface area contributed by atoms with E-state index in [1.165, 1.54) is 24.3 Å². The molecule has 1 saturated heterocycles. The van der Waals surface area contributed by atoms with Crippen LogP contribution in [-0.4, -0.2) is 39.0 Å². The molecule has 1 fully saturated rings. The van der Waals surface area contributed by atoms with Crippen LogP contribution in [0, 0.1) is 5.82 Å². The lowest BCUT2D eigenvalue weighted by Crippen LogP contribution is -2.34. The lowest BCUT2D eigenvalue weighted by Gasteiger charge is -2.22. The Labute approximate surface area is 147 Å². The fourth-order valence-corrected chi connectivity index (χ4v) is 3.36. The number of aromatic hydroxyl groups is 1. The van der Waals surface area contributed by atoms with Crippen LogP contribution in [0.5, 0.6) is 5.75 Å². The zero-order valence-corrected chi connectivity index (χ0v) is 14.0. The molecule has 3 rings (SSSR count). The maximum absolute atomic E-state index is 12.9. The summed E-state index contributed by atoms with van der Waals surface area (Å²) in [6.07, 6.45) is 0. The summed E-state index contributed by atoms with van der Waals surface area (Å²) in [4.78, 5) is 30.9. The second kappa shape index (κ2) is 7.66. The molecule has 0 bridgehead atoms. The summed E-state index contributed by atoms with van der Waals surface area (Å²) in [5.41, 5.74) is -0.391. The molecule has 0 spiro atoms. The predicted molar refractivity (Wildman–Crippen MR) is 92.2 cm³/mol. The summed E-state index contributed by atoms with van der Waals surface area (Å²) in [7, 11) is 0. The van der Waals surface area contributed by atoms with Gasteiger partial charge in [-0.05, 0) is 17.7 Å². The summed E-state index contributed by atoms with van der Waals surface area (Å²) < 4.78 is 12.9. The first-order chi connectivity index (χ1) is 12.0. The number of hydrogen-bond donors (Lipinski definition) is 4. The SMILES string of the molecule is O=C(NCc1ccc(F)cc1)c1nc(C2CSCCN2)[nH]c(=O)c1O. The summed E-state index contributed by atoms with van der Waals surface area (Å²) in [5.74, 6) is 0.239. The number of H-pyrrole nitrogens is 1. The van der Waals surface area contributed by atoms with Gasteiger partial charge in [0.1, 0.15) is 11.6 Å². The van der Waals surface area contributed by atoms with Crippen molar-refractivity contribution < 1.29 is 14.3 Å². The van der Waals surface area contributed by atoms with Crippen LogP contribution in [-0.2, 0) is 6.54 Å². The lowest BCUT2D eigenvalue weighted by molar-refractivity contribution is 0.0942. The topological polar surface area (TPSA) is 107 Å². The Morgan fingerprint density at radius 1 is 1.40 bits per heavy atom. The number of thioether (sulfide) groups is 1. The van der Waals surface area contributed by atoms with E-state index in [1.807, 2.05) is 0 Å². The van der Waals surface area contributed by atoms with Crippen LogP contribution in [0.25, 0.3) is 0 Å². The minimum absolute atomic E-state index is 0.125. The maximum Gasteiger partial charge on any atom is 0.293 e. The van der Waals surface area contributed by atoms with Crippen LogP contribution < -0.4 is 16.2 Å². The molecular formula is C16H17FN4O3S. The first-order valence-electron chi connectivity index (χ1n) is 7.71. The molecule has 0 aliphatic carbocycles. The Kier molecular flexibility index (Phi) is 5.34. The Morgan fingerprint density at radius 3 is 2.84 bits per heavy atom. The average molecular weight is 364 g/mol. The van der Waals surface area contributed by atoms with Gasteiger partial charge in [0.05, 0.1) is 6.04 Å². The number of carbonyl (C=O) groups excluding carboxylic acids is 1. The van der Waals surface area contributed by atoms with Crippen molar-refractivity contribution in [2.24, 2.45) is 0 Å². The Bertz CT molecular complexity index is 819. The van der Waals surface area contributed by atoms with Crippen molar-refractivity contribution in [3.8, 4) is 5.75 Å². The largest absolute Gasteiger partial charge is 0.501 e. The number of aromatic amines is 1. The molecule has 1 aromatic heterocycles. The third-order valence-corrected chi connectivity index (χ3v) is 4.81. The van der Waals surface area contributed by atoms with E-state index in [0.29, 0.717) is 17.1 Å². The van der Waals surface area contributed by atoms with Gasteiger partial charge < -0.3 is 20.7 Å². The monoisotopic (exact) mass is 364 g/mol. The van der Waals surface area contributed by atoms with Crippen LogP contribution >= 0.6 is 11.8 Å². The van der Waals surface area contributed by atoms with E-state index < -0.39 is 17.2 Å². The number of amides is 1. The molecule has 1 aliphatic rings. The first-order valence-corrected chi connectivity index (χ1v) is 8.87. The Balaban J connectivity index is 1.77. The standard InChI is InChI=1S/C16H17FN4O3S/c17-10-3-1-9(2-4-10)7-19-15(23)12-13(22)16(24)21-14(20-12)11-8-25-6-5-18-11/h1-4,11,18,22H,5-8H2,(H,19,23)(H,20,21,24). The molecule has 1 amide bonds. The van der Waals surface area contributed by atoms with Crippen LogP contribution in [0.4, 0.5) is 4.39 Å². The van der Waals surface area contributed by atoms with E-state index in [4.69, 9.17) is 0 Å². The third-order valence-electron chi connectivity index (χ3n) is 3.75. The highest BCUT2D eigenvalue weighted by molar-refractivity contribution is 7.99. The van der Waals surface area contributed by atoms with Gasteiger partial charge in [-0.1, -0.05) is 12.1 Å². The molecule has 25 heavy (non-hydrogen) atoms. The number of aromatic nitrogens is 2. The number of carbonyl (C=O) groups is 1. The Hall–Kier alpha value is -2.39. The number of halogens is 1. The van der Waals surface area contributed by atoms with Gasteiger partial charge in [0, 0.05) is 24.6 Å². The molecule has 7 nitrogen and oxygen atoms in total.